The smallest absolute Gasteiger partial charge is 0.337 e. The second-order valence-corrected chi connectivity index (χ2v) is 5.45. The van der Waals surface area contributed by atoms with E-state index in [2.05, 4.69) is 18.0 Å². The number of aromatic carboxylic acids is 1. The fourth-order valence-corrected chi connectivity index (χ4v) is 2.86. The maximum atomic E-state index is 11.2. The van der Waals surface area contributed by atoms with E-state index in [-0.39, 0.29) is 11.3 Å². The van der Waals surface area contributed by atoms with Gasteiger partial charge in [0.15, 0.2) is 5.82 Å². The van der Waals surface area contributed by atoms with E-state index in [4.69, 9.17) is 5.73 Å². The van der Waals surface area contributed by atoms with Crippen LogP contribution in [0.3, 0.4) is 0 Å². The van der Waals surface area contributed by atoms with Gasteiger partial charge >= 0.3 is 5.97 Å². The SMILES string of the molecule is CC1Cc2ccccc2N(c2nccc(C(=O)O)c2N)C1. The Morgan fingerprint density at radius 2 is 2.14 bits per heavy atom. The van der Waals surface area contributed by atoms with E-state index in [1.54, 1.807) is 0 Å². The van der Waals surface area contributed by atoms with E-state index in [0.717, 1.165) is 18.7 Å². The highest BCUT2D eigenvalue weighted by Gasteiger charge is 2.26. The number of rotatable bonds is 2. The summed E-state index contributed by atoms with van der Waals surface area (Å²) in [5.74, 6) is -0.0574. The molecule has 2 heterocycles. The molecule has 1 aromatic carbocycles. The Kier molecular flexibility index (Phi) is 3.25. The van der Waals surface area contributed by atoms with Crippen LogP contribution in [-0.2, 0) is 6.42 Å². The van der Waals surface area contributed by atoms with Crippen LogP contribution in [0.5, 0.6) is 0 Å². The van der Waals surface area contributed by atoms with E-state index in [9.17, 15) is 9.90 Å². The number of hydrogen-bond acceptors (Lipinski definition) is 4. The maximum Gasteiger partial charge on any atom is 0.337 e. The van der Waals surface area contributed by atoms with Gasteiger partial charge in [-0.2, -0.15) is 0 Å². The summed E-state index contributed by atoms with van der Waals surface area (Å²) in [6.45, 7) is 2.94. The highest BCUT2D eigenvalue weighted by Crippen LogP contribution is 2.37. The number of hydrogen-bond donors (Lipinski definition) is 2. The van der Waals surface area contributed by atoms with Gasteiger partial charge < -0.3 is 15.7 Å². The van der Waals surface area contributed by atoms with Gasteiger partial charge in [-0.15, -0.1) is 0 Å². The van der Waals surface area contributed by atoms with E-state index in [1.807, 2.05) is 23.1 Å². The van der Waals surface area contributed by atoms with Crippen LogP contribution in [0.15, 0.2) is 36.5 Å². The molecule has 1 aliphatic rings. The lowest BCUT2D eigenvalue weighted by Gasteiger charge is -2.34. The number of fused-ring (bicyclic) bond motifs is 1. The monoisotopic (exact) mass is 283 g/mol. The molecule has 1 aromatic heterocycles. The fraction of sp³-hybridized carbons (Fsp3) is 0.250. The van der Waals surface area contributed by atoms with E-state index >= 15 is 0 Å². The molecule has 5 heteroatoms. The number of nitrogen functional groups attached to an aromatic ring is 1. The molecule has 2 aromatic rings. The minimum atomic E-state index is -1.03. The molecule has 1 unspecified atom stereocenters. The van der Waals surface area contributed by atoms with Crippen molar-refractivity contribution in [1.82, 2.24) is 4.98 Å². The largest absolute Gasteiger partial charge is 0.478 e. The van der Waals surface area contributed by atoms with Crippen molar-refractivity contribution in [3.05, 3.63) is 47.7 Å². The molecule has 0 fully saturated rings. The molecule has 0 bridgehead atoms. The lowest BCUT2D eigenvalue weighted by atomic mass is 9.93. The Morgan fingerprint density at radius 1 is 1.38 bits per heavy atom. The molecule has 0 saturated carbocycles. The Labute approximate surface area is 123 Å². The highest BCUT2D eigenvalue weighted by atomic mass is 16.4. The van der Waals surface area contributed by atoms with Crippen molar-refractivity contribution in [2.24, 2.45) is 5.92 Å². The summed E-state index contributed by atoms with van der Waals surface area (Å²) in [5.41, 5.74) is 8.63. The molecule has 0 radical (unpaired) electrons. The van der Waals surface area contributed by atoms with E-state index in [1.165, 1.54) is 17.8 Å². The number of pyridine rings is 1. The first-order chi connectivity index (χ1) is 10.1. The number of anilines is 3. The van der Waals surface area contributed by atoms with Crippen LogP contribution in [0, 0.1) is 5.92 Å². The number of carboxylic acid groups (broad SMARTS) is 1. The number of nitrogens with two attached hydrogens (primary N) is 1. The summed E-state index contributed by atoms with van der Waals surface area (Å²) in [5, 5.41) is 9.21. The molecule has 0 spiro atoms. The molecule has 1 aliphatic heterocycles. The molecule has 5 nitrogen and oxygen atoms in total. The fourth-order valence-electron chi connectivity index (χ4n) is 2.86. The van der Waals surface area contributed by atoms with Crippen LogP contribution in [-0.4, -0.2) is 22.6 Å². The van der Waals surface area contributed by atoms with Crippen LogP contribution in [0.2, 0.25) is 0 Å². The van der Waals surface area contributed by atoms with E-state index in [0.29, 0.717) is 11.7 Å². The number of para-hydroxylation sites is 1. The van der Waals surface area contributed by atoms with Gasteiger partial charge in [-0.05, 0) is 30.0 Å². The van der Waals surface area contributed by atoms with Crippen LogP contribution in [0.25, 0.3) is 0 Å². The van der Waals surface area contributed by atoms with Crippen molar-refractivity contribution in [3.8, 4) is 0 Å². The van der Waals surface area contributed by atoms with Crippen molar-refractivity contribution in [2.45, 2.75) is 13.3 Å². The summed E-state index contributed by atoms with van der Waals surface area (Å²) in [6.07, 6.45) is 2.50. The number of benzene rings is 1. The lowest BCUT2D eigenvalue weighted by molar-refractivity contribution is 0.0698. The Balaban J connectivity index is 2.13. The van der Waals surface area contributed by atoms with Gasteiger partial charge in [-0.1, -0.05) is 25.1 Å². The predicted molar refractivity (Wildman–Crippen MR) is 81.9 cm³/mol. The van der Waals surface area contributed by atoms with Crippen LogP contribution in [0.1, 0.15) is 22.8 Å². The minimum absolute atomic E-state index is 0.0932. The second-order valence-electron chi connectivity index (χ2n) is 5.45. The molecule has 0 aliphatic carbocycles. The van der Waals surface area contributed by atoms with Gasteiger partial charge in [0.1, 0.15) is 0 Å². The predicted octanol–water partition coefficient (Wildman–Crippen LogP) is 2.69. The summed E-state index contributed by atoms with van der Waals surface area (Å²) in [4.78, 5) is 17.6. The first kappa shape index (κ1) is 13.4. The highest BCUT2D eigenvalue weighted by molar-refractivity contribution is 5.97. The molecular formula is C16H17N3O2. The Morgan fingerprint density at radius 3 is 2.90 bits per heavy atom. The molecule has 3 N–H and O–H groups in total. The minimum Gasteiger partial charge on any atom is -0.478 e. The van der Waals surface area contributed by atoms with Crippen molar-refractivity contribution >= 4 is 23.2 Å². The third-order valence-corrected chi connectivity index (χ3v) is 3.80. The zero-order valence-electron chi connectivity index (χ0n) is 11.8. The van der Waals surface area contributed by atoms with Crippen molar-refractivity contribution in [2.75, 3.05) is 17.2 Å². The molecule has 1 atom stereocenters. The van der Waals surface area contributed by atoms with Gasteiger partial charge in [0, 0.05) is 18.4 Å². The molecule has 0 amide bonds. The van der Waals surface area contributed by atoms with Crippen molar-refractivity contribution in [3.63, 3.8) is 0 Å². The lowest BCUT2D eigenvalue weighted by Crippen LogP contribution is -2.31. The van der Waals surface area contributed by atoms with Gasteiger partial charge in [0.25, 0.3) is 0 Å². The number of aromatic nitrogens is 1. The van der Waals surface area contributed by atoms with Gasteiger partial charge in [-0.3, -0.25) is 0 Å². The number of carboxylic acids is 1. The zero-order chi connectivity index (χ0) is 15.0. The average molecular weight is 283 g/mol. The summed E-state index contributed by atoms with van der Waals surface area (Å²) in [6, 6.07) is 9.53. The van der Waals surface area contributed by atoms with E-state index < -0.39 is 5.97 Å². The average Bonchev–Trinajstić information content (AvgIpc) is 2.46. The van der Waals surface area contributed by atoms with Gasteiger partial charge in [0.05, 0.1) is 11.3 Å². The van der Waals surface area contributed by atoms with Gasteiger partial charge in [-0.25, -0.2) is 9.78 Å². The topological polar surface area (TPSA) is 79.5 Å². The molecule has 0 saturated heterocycles. The number of carbonyl (C=O) groups is 1. The standard InChI is InChI=1S/C16H17N3O2/c1-10-8-11-4-2-3-5-13(11)19(9-10)15-14(17)12(16(20)21)6-7-18-15/h2-7,10H,8-9,17H2,1H3,(H,20,21). The maximum absolute atomic E-state index is 11.2. The normalized spacial score (nSPS) is 17.4. The number of nitrogens with zero attached hydrogens (tertiary/aromatic N) is 2. The Bertz CT molecular complexity index is 700. The second kappa shape index (κ2) is 5.09. The van der Waals surface area contributed by atoms with Crippen LogP contribution >= 0.6 is 0 Å². The molecular weight excluding hydrogens is 266 g/mol. The van der Waals surface area contributed by atoms with Crippen LogP contribution < -0.4 is 10.6 Å². The quantitative estimate of drug-likeness (QED) is 0.885. The van der Waals surface area contributed by atoms with Crippen molar-refractivity contribution in [1.29, 1.82) is 0 Å². The molecule has 108 valence electrons. The first-order valence-corrected chi connectivity index (χ1v) is 6.91. The zero-order valence-corrected chi connectivity index (χ0v) is 11.8. The summed E-state index contributed by atoms with van der Waals surface area (Å²) in [7, 11) is 0. The first-order valence-electron chi connectivity index (χ1n) is 6.91. The molecule has 3 rings (SSSR count). The third kappa shape index (κ3) is 2.31. The van der Waals surface area contributed by atoms with Gasteiger partial charge in [0.2, 0.25) is 0 Å². The summed E-state index contributed by atoms with van der Waals surface area (Å²) >= 11 is 0. The van der Waals surface area contributed by atoms with Crippen molar-refractivity contribution < 1.29 is 9.90 Å². The third-order valence-electron chi connectivity index (χ3n) is 3.80. The van der Waals surface area contributed by atoms with Crippen LogP contribution in [0.4, 0.5) is 17.2 Å². The molecule has 21 heavy (non-hydrogen) atoms. The Hall–Kier alpha value is -2.56. The summed E-state index contributed by atoms with van der Waals surface area (Å²) < 4.78 is 0.